The molecule has 3 rings (SSSR count). The van der Waals surface area contributed by atoms with Crippen LogP contribution in [0.4, 0.5) is 0 Å². The molecule has 4 nitrogen and oxygen atoms in total. The Kier molecular flexibility index (Phi) is 4.25. The Hall–Kier alpha value is -1.49. The summed E-state index contributed by atoms with van der Waals surface area (Å²) in [4.78, 5) is 4.49. The van der Waals surface area contributed by atoms with E-state index in [2.05, 4.69) is 10.1 Å². The van der Waals surface area contributed by atoms with Gasteiger partial charge in [-0.3, -0.25) is 0 Å². The van der Waals surface area contributed by atoms with Gasteiger partial charge in [-0.2, -0.15) is 0 Å². The van der Waals surface area contributed by atoms with Crippen molar-refractivity contribution < 1.29 is 9.62 Å². The van der Waals surface area contributed by atoms with Crippen LogP contribution in [0.15, 0.2) is 39.1 Å². The Balaban J connectivity index is 1.79. The smallest absolute Gasteiger partial charge is 0.257 e. The lowest BCUT2D eigenvalue weighted by Crippen LogP contribution is -2.19. The third-order valence-corrected chi connectivity index (χ3v) is 4.84. The van der Waals surface area contributed by atoms with Crippen molar-refractivity contribution in [2.75, 3.05) is 0 Å². The molecule has 0 amide bonds. The molecule has 1 saturated carbocycles. The highest BCUT2D eigenvalue weighted by Gasteiger charge is 2.22. The molecule has 0 aliphatic heterocycles. The summed E-state index contributed by atoms with van der Waals surface area (Å²) in [5, 5.41) is 13.6. The fraction of sp³-hybridized carbons (Fsp3) is 0.467. The molecule has 2 aromatic rings. The van der Waals surface area contributed by atoms with Gasteiger partial charge < -0.3 is 9.62 Å². The molecule has 0 unspecified atom stereocenters. The van der Waals surface area contributed by atoms with Gasteiger partial charge in [0.2, 0.25) is 0 Å². The minimum atomic E-state index is 0.174. The predicted octanol–water partition coefficient (Wildman–Crippen LogP) is 4.47. The molecule has 1 heterocycles. The molecule has 1 aromatic heterocycles. The van der Waals surface area contributed by atoms with E-state index < -0.39 is 0 Å². The van der Waals surface area contributed by atoms with Gasteiger partial charge in [-0.15, -0.1) is 0 Å². The van der Waals surface area contributed by atoms with Gasteiger partial charge in [-0.25, -0.2) is 4.98 Å². The number of thioether (sulfide) groups is 1. The second kappa shape index (κ2) is 6.31. The van der Waals surface area contributed by atoms with Crippen molar-refractivity contribution in [2.45, 2.75) is 49.0 Å². The van der Waals surface area contributed by atoms with E-state index in [0.29, 0.717) is 5.22 Å². The minimum absolute atomic E-state index is 0.174. The molecule has 0 saturated heterocycles. The van der Waals surface area contributed by atoms with E-state index in [0.717, 1.165) is 42.5 Å². The fourth-order valence-corrected chi connectivity index (χ4v) is 3.70. The summed E-state index contributed by atoms with van der Waals surface area (Å²) in [6.45, 7) is 0. The van der Waals surface area contributed by atoms with Crippen LogP contribution in [0.3, 0.4) is 0 Å². The van der Waals surface area contributed by atoms with Crippen LogP contribution >= 0.6 is 11.8 Å². The number of nitrogens with zero attached hydrogens (tertiary/aromatic N) is 2. The van der Waals surface area contributed by atoms with E-state index in [9.17, 15) is 5.21 Å². The maximum Gasteiger partial charge on any atom is 0.257 e. The second-order valence-corrected chi connectivity index (χ2v) is 6.25. The summed E-state index contributed by atoms with van der Waals surface area (Å²) in [6, 6.07) is 7.77. The number of hydrogen-bond donors (Lipinski definition) is 1. The minimum Gasteiger partial charge on any atom is -0.431 e. The molecule has 0 bridgehead atoms. The summed E-state index contributed by atoms with van der Waals surface area (Å²) in [5.41, 5.74) is 2.56. The molecule has 1 aliphatic rings. The van der Waals surface area contributed by atoms with Crippen molar-refractivity contribution in [1.29, 1.82) is 0 Å². The average molecular weight is 290 g/mol. The van der Waals surface area contributed by atoms with Gasteiger partial charge in [0, 0.05) is 0 Å². The van der Waals surface area contributed by atoms with E-state index in [1.807, 2.05) is 24.3 Å². The zero-order chi connectivity index (χ0) is 13.8. The predicted molar refractivity (Wildman–Crippen MR) is 80.6 cm³/mol. The number of para-hydroxylation sites is 2. The van der Waals surface area contributed by atoms with E-state index in [1.54, 1.807) is 11.8 Å². The lowest BCUT2D eigenvalue weighted by molar-refractivity contribution is 0.315. The molecule has 20 heavy (non-hydrogen) atoms. The zero-order valence-corrected chi connectivity index (χ0v) is 12.1. The largest absolute Gasteiger partial charge is 0.431 e. The Morgan fingerprint density at radius 3 is 2.90 bits per heavy atom. The first kappa shape index (κ1) is 13.5. The highest BCUT2D eigenvalue weighted by atomic mass is 32.2. The standard InChI is InChI=1S/C15H18N2O2S/c18-17-12-8-3-1-2-4-10-14(12)20-15-16-11-7-5-6-9-13(11)19-15/h5-7,9,14,18H,1-4,8,10H2/b17-12-/t14-/m0/s1. The average Bonchev–Trinajstić information content (AvgIpc) is 2.84. The van der Waals surface area contributed by atoms with Crippen molar-refractivity contribution in [3.8, 4) is 0 Å². The summed E-state index contributed by atoms with van der Waals surface area (Å²) in [6.07, 6.45) is 6.63. The number of fused-ring (bicyclic) bond motifs is 1. The molecule has 106 valence electrons. The fourth-order valence-electron chi connectivity index (χ4n) is 2.58. The van der Waals surface area contributed by atoms with Gasteiger partial charge in [0.15, 0.2) is 5.58 Å². The Morgan fingerprint density at radius 2 is 2.05 bits per heavy atom. The van der Waals surface area contributed by atoms with E-state index in [-0.39, 0.29) is 5.25 Å². The third-order valence-electron chi connectivity index (χ3n) is 3.67. The van der Waals surface area contributed by atoms with Gasteiger partial charge in [0.05, 0.1) is 11.0 Å². The normalized spacial score (nSPS) is 22.8. The highest BCUT2D eigenvalue weighted by Crippen LogP contribution is 2.32. The van der Waals surface area contributed by atoms with Gasteiger partial charge >= 0.3 is 0 Å². The van der Waals surface area contributed by atoms with Crippen molar-refractivity contribution in [1.82, 2.24) is 4.98 Å². The number of benzene rings is 1. The first-order chi connectivity index (χ1) is 9.86. The van der Waals surface area contributed by atoms with Crippen molar-refractivity contribution in [3.05, 3.63) is 24.3 Å². The monoisotopic (exact) mass is 290 g/mol. The van der Waals surface area contributed by atoms with E-state index in [4.69, 9.17) is 4.42 Å². The molecule has 1 fully saturated rings. The zero-order valence-electron chi connectivity index (χ0n) is 11.3. The van der Waals surface area contributed by atoms with Gasteiger partial charge in [-0.05, 0) is 31.4 Å². The van der Waals surface area contributed by atoms with Crippen LogP contribution in [0.1, 0.15) is 38.5 Å². The SMILES string of the molecule is O/N=C1/CCCCCC[C@@H]1Sc1nc2ccccc2o1. The quantitative estimate of drug-likeness (QED) is 0.654. The second-order valence-electron chi connectivity index (χ2n) is 5.10. The number of hydrogen-bond acceptors (Lipinski definition) is 5. The van der Waals surface area contributed by atoms with E-state index in [1.165, 1.54) is 12.8 Å². The van der Waals surface area contributed by atoms with Gasteiger partial charge in [0.1, 0.15) is 5.52 Å². The van der Waals surface area contributed by atoms with E-state index >= 15 is 0 Å². The summed E-state index contributed by atoms with van der Waals surface area (Å²) >= 11 is 1.58. The first-order valence-corrected chi connectivity index (χ1v) is 7.98. The van der Waals surface area contributed by atoms with Crippen LogP contribution in [-0.2, 0) is 0 Å². The van der Waals surface area contributed by atoms with Crippen LogP contribution in [0, 0.1) is 0 Å². The molecule has 1 aromatic carbocycles. The van der Waals surface area contributed by atoms with Crippen LogP contribution in [0.2, 0.25) is 0 Å². The Labute approximate surface area is 122 Å². The first-order valence-electron chi connectivity index (χ1n) is 7.10. The maximum atomic E-state index is 9.22. The molecule has 0 radical (unpaired) electrons. The van der Waals surface area contributed by atoms with Crippen LogP contribution < -0.4 is 0 Å². The van der Waals surface area contributed by atoms with Crippen molar-refractivity contribution >= 4 is 28.6 Å². The van der Waals surface area contributed by atoms with Gasteiger partial charge in [-0.1, -0.05) is 48.3 Å². The van der Waals surface area contributed by atoms with Crippen molar-refractivity contribution in [3.63, 3.8) is 0 Å². The molecule has 1 aliphatic carbocycles. The Bertz CT molecular complexity index is 576. The summed E-state index contributed by atoms with van der Waals surface area (Å²) in [5.74, 6) is 0. The molecule has 5 heteroatoms. The van der Waals surface area contributed by atoms with Crippen LogP contribution in [0.25, 0.3) is 11.1 Å². The number of rotatable bonds is 2. The highest BCUT2D eigenvalue weighted by molar-refractivity contribution is 8.00. The van der Waals surface area contributed by atoms with Crippen LogP contribution in [0.5, 0.6) is 0 Å². The number of oxime groups is 1. The molecule has 1 atom stereocenters. The topological polar surface area (TPSA) is 58.6 Å². The number of aromatic nitrogens is 1. The summed E-state index contributed by atoms with van der Waals surface area (Å²) < 4.78 is 5.75. The molecular weight excluding hydrogens is 272 g/mol. The lowest BCUT2D eigenvalue weighted by atomic mass is 9.99. The lowest BCUT2D eigenvalue weighted by Gasteiger charge is -2.18. The van der Waals surface area contributed by atoms with Gasteiger partial charge in [0.25, 0.3) is 5.22 Å². The summed E-state index contributed by atoms with van der Waals surface area (Å²) in [7, 11) is 0. The molecular formula is C15H18N2O2S. The van der Waals surface area contributed by atoms with Crippen molar-refractivity contribution in [2.24, 2.45) is 5.16 Å². The molecule has 1 N–H and O–H groups in total. The van der Waals surface area contributed by atoms with Crippen LogP contribution in [-0.4, -0.2) is 21.2 Å². The maximum absolute atomic E-state index is 9.22. The number of oxazole rings is 1. The molecule has 0 spiro atoms. The Morgan fingerprint density at radius 1 is 1.20 bits per heavy atom. The third kappa shape index (κ3) is 2.98.